The van der Waals surface area contributed by atoms with Crippen LogP contribution >= 0.6 is 22.6 Å². The summed E-state index contributed by atoms with van der Waals surface area (Å²) in [7, 11) is 0. The van der Waals surface area contributed by atoms with Crippen molar-refractivity contribution in [2.24, 2.45) is 5.41 Å². The van der Waals surface area contributed by atoms with Crippen molar-refractivity contribution in [2.45, 2.75) is 20.8 Å². The fourth-order valence-corrected chi connectivity index (χ4v) is 1.62. The summed E-state index contributed by atoms with van der Waals surface area (Å²) in [5.74, 6) is 0.00319. The molecule has 82 valence electrons. The van der Waals surface area contributed by atoms with E-state index in [4.69, 9.17) is 0 Å². The maximum atomic E-state index is 11.7. The molecule has 1 amide bonds. The number of carbonyl (C=O) groups excluding carboxylic acids is 1. The first-order chi connectivity index (χ1) is 6.88. The lowest BCUT2D eigenvalue weighted by Gasteiger charge is -2.18. The molecule has 1 aromatic rings. The van der Waals surface area contributed by atoms with Gasteiger partial charge in [-0.15, -0.1) is 0 Å². The van der Waals surface area contributed by atoms with Gasteiger partial charge >= 0.3 is 0 Å². The van der Waals surface area contributed by atoms with E-state index in [1.165, 1.54) is 0 Å². The van der Waals surface area contributed by atoms with Gasteiger partial charge in [0, 0.05) is 15.7 Å². The first kappa shape index (κ1) is 12.5. The van der Waals surface area contributed by atoms with Gasteiger partial charge in [-0.1, -0.05) is 26.8 Å². The van der Waals surface area contributed by atoms with Crippen molar-refractivity contribution in [3.63, 3.8) is 0 Å². The van der Waals surface area contributed by atoms with Crippen molar-refractivity contribution in [2.75, 3.05) is 6.54 Å². The van der Waals surface area contributed by atoms with Crippen LogP contribution in [0.15, 0.2) is 24.3 Å². The Hall–Kier alpha value is -0.580. The fourth-order valence-electron chi connectivity index (χ4n) is 1.08. The summed E-state index contributed by atoms with van der Waals surface area (Å²) in [5, 5.41) is 2.92. The summed E-state index contributed by atoms with van der Waals surface area (Å²) in [5.41, 5.74) is 0.851. The Balaban J connectivity index is 2.62. The fraction of sp³-hybridized carbons (Fsp3) is 0.417. The first-order valence-electron chi connectivity index (χ1n) is 4.92. The van der Waals surface area contributed by atoms with Gasteiger partial charge in [0.05, 0.1) is 0 Å². The van der Waals surface area contributed by atoms with Gasteiger partial charge in [0.15, 0.2) is 0 Å². The van der Waals surface area contributed by atoms with Gasteiger partial charge in [-0.05, 0) is 46.2 Å². The first-order valence-corrected chi connectivity index (χ1v) is 6.00. The van der Waals surface area contributed by atoms with Gasteiger partial charge in [-0.25, -0.2) is 0 Å². The van der Waals surface area contributed by atoms with Gasteiger partial charge < -0.3 is 5.32 Å². The predicted molar refractivity (Wildman–Crippen MR) is 70.9 cm³/mol. The molecule has 0 aliphatic carbocycles. The molecule has 0 spiro atoms. The maximum absolute atomic E-state index is 11.7. The molecule has 1 aromatic carbocycles. The van der Waals surface area contributed by atoms with E-state index in [0.717, 1.165) is 9.13 Å². The lowest BCUT2D eigenvalue weighted by molar-refractivity contribution is 0.0939. The molecule has 0 saturated heterocycles. The molecule has 1 rings (SSSR count). The Morgan fingerprint density at radius 1 is 1.40 bits per heavy atom. The highest BCUT2D eigenvalue weighted by atomic mass is 127. The third-order valence-corrected chi connectivity index (χ3v) is 2.54. The topological polar surface area (TPSA) is 29.1 Å². The molecule has 0 aliphatic rings. The molecular weight excluding hydrogens is 301 g/mol. The molecular formula is C12H16INO. The van der Waals surface area contributed by atoms with Crippen molar-refractivity contribution in [3.8, 4) is 0 Å². The second-order valence-corrected chi connectivity index (χ2v) is 6.00. The number of amides is 1. The number of carbonyl (C=O) groups is 1. The smallest absolute Gasteiger partial charge is 0.251 e. The monoisotopic (exact) mass is 317 g/mol. The Morgan fingerprint density at radius 3 is 2.60 bits per heavy atom. The van der Waals surface area contributed by atoms with Crippen molar-refractivity contribution >= 4 is 28.5 Å². The minimum Gasteiger partial charge on any atom is -0.352 e. The molecule has 0 aliphatic heterocycles. The predicted octanol–water partition coefficient (Wildman–Crippen LogP) is 3.07. The summed E-state index contributed by atoms with van der Waals surface area (Å²) >= 11 is 2.20. The number of hydrogen-bond acceptors (Lipinski definition) is 1. The molecule has 2 nitrogen and oxygen atoms in total. The highest BCUT2D eigenvalue weighted by Crippen LogP contribution is 2.12. The summed E-state index contributed by atoms with van der Waals surface area (Å²) < 4.78 is 1.08. The molecule has 0 saturated carbocycles. The van der Waals surface area contributed by atoms with Gasteiger partial charge in [0.1, 0.15) is 0 Å². The Morgan fingerprint density at radius 2 is 2.07 bits per heavy atom. The average molecular weight is 317 g/mol. The highest BCUT2D eigenvalue weighted by molar-refractivity contribution is 14.1. The van der Waals surface area contributed by atoms with E-state index < -0.39 is 0 Å². The van der Waals surface area contributed by atoms with E-state index in [-0.39, 0.29) is 11.3 Å². The Bertz CT molecular complexity index is 355. The summed E-state index contributed by atoms with van der Waals surface area (Å²) in [4.78, 5) is 11.7. The third-order valence-electron chi connectivity index (χ3n) is 1.87. The van der Waals surface area contributed by atoms with Gasteiger partial charge in [0.2, 0.25) is 0 Å². The maximum Gasteiger partial charge on any atom is 0.251 e. The van der Waals surface area contributed by atoms with Gasteiger partial charge in [0.25, 0.3) is 5.91 Å². The largest absolute Gasteiger partial charge is 0.352 e. The van der Waals surface area contributed by atoms with Crippen molar-refractivity contribution in [1.82, 2.24) is 5.32 Å². The normalized spacial score (nSPS) is 11.2. The van der Waals surface area contributed by atoms with Crippen LogP contribution in [0.4, 0.5) is 0 Å². The summed E-state index contributed by atoms with van der Waals surface area (Å²) in [6.45, 7) is 6.99. The van der Waals surface area contributed by atoms with Crippen LogP contribution < -0.4 is 5.32 Å². The van der Waals surface area contributed by atoms with Crippen molar-refractivity contribution < 1.29 is 4.79 Å². The SMILES string of the molecule is CC(C)(C)CNC(=O)c1cccc(I)c1. The third kappa shape index (κ3) is 4.64. The Kier molecular flexibility index (Phi) is 4.13. The lowest BCUT2D eigenvalue weighted by atomic mass is 9.97. The van der Waals surface area contributed by atoms with E-state index in [0.29, 0.717) is 6.54 Å². The molecule has 15 heavy (non-hydrogen) atoms. The molecule has 0 heterocycles. The molecule has 1 N–H and O–H groups in total. The standard InChI is InChI=1S/C12H16INO/c1-12(2,3)8-14-11(15)9-5-4-6-10(13)7-9/h4-7H,8H2,1-3H3,(H,14,15). The van der Waals surface area contributed by atoms with Gasteiger partial charge in [-0.3, -0.25) is 4.79 Å². The number of rotatable bonds is 2. The zero-order valence-electron chi connectivity index (χ0n) is 9.30. The zero-order valence-corrected chi connectivity index (χ0v) is 11.5. The molecule has 0 unspecified atom stereocenters. The van der Waals surface area contributed by atoms with Crippen LogP contribution in [0.3, 0.4) is 0 Å². The highest BCUT2D eigenvalue weighted by Gasteiger charge is 2.12. The molecule has 0 aromatic heterocycles. The molecule has 0 bridgehead atoms. The van der Waals surface area contributed by atoms with Crippen LogP contribution in [0.5, 0.6) is 0 Å². The van der Waals surface area contributed by atoms with E-state index in [9.17, 15) is 4.79 Å². The van der Waals surface area contributed by atoms with Crippen LogP contribution in [0, 0.1) is 8.99 Å². The number of halogens is 1. The van der Waals surface area contributed by atoms with Crippen LogP contribution in [-0.4, -0.2) is 12.5 Å². The lowest BCUT2D eigenvalue weighted by Crippen LogP contribution is -2.32. The van der Waals surface area contributed by atoms with E-state index in [1.807, 2.05) is 24.3 Å². The van der Waals surface area contributed by atoms with E-state index in [2.05, 4.69) is 48.7 Å². The molecule has 0 radical (unpaired) electrons. The van der Waals surface area contributed by atoms with Gasteiger partial charge in [-0.2, -0.15) is 0 Å². The van der Waals surface area contributed by atoms with Crippen molar-refractivity contribution in [3.05, 3.63) is 33.4 Å². The zero-order chi connectivity index (χ0) is 11.5. The van der Waals surface area contributed by atoms with Crippen LogP contribution in [0.1, 0.15) is 31.1 Å². The summed E-state index contributed by atoms with van der Waals surface area (Å²) in [6, 6.07) is 7.59. The second-order valence-electron chi connectivity index (χ2n) is 4.75. The van der Waals surface area contributed by atoms with E-state index in [1.54, 1.807) is 0 Å². The number of nitrogens with one attached hydrogen (secondary N) is 1. The average Bonchev–Trinajstić information content (AvgIpc) is 2.13. The molecule has 3 heteroatoms. The molecule has 0 fully saturated rings. The Labute approximate surface area is 105 Å². The minimum atomic E-state index is 0.00319. The van der Waals surface area contributed by atoms with Crippen LogP contribution in [0.25, 0.3) is 0 Å². The second kappa shape index (κ2) is 4.96. The molecule has 0 atom stereocenters. The van der Waals surface area contributed by atoms with Crippen LogP contribution in [-0.2, 0) is 0 Å². The number of hydrogen-bond donors (Lipinski definition) is 1. The summed E-state index contributed by atoms with van der Waals surface area (Å²) in [6.07, 6.45) is 0. The van der Waals surface area contributed by atoms with Crippen molar-refractivity contribution in [1.29, 1.82) is 0 Å². The van der Waals surface area contributed by atoms with Crippen LogP contribution in [0.2, 0.25) is 0 Å². The van der Waals surface area contributed by atoms with E-state index >= 15 is 0 Å². The minimum absolute atomic E-state index is 0.00319. The quantitative estimate of drug-likeness (QED) is 0.835. The number of benzene rings is 1.